The summed E-state index contributed by atoms with van der Waals surface area (Å²) < 4.78 is 16.8. The fraction of sp³-hybridized carbons (Fsp3) is 0.879. The van der Waals surface area contributed by atoms with Crippen LogP contribution >= 0.6 is 0 Å². The summed E-state index contributed by atoms with van der Waals surface area (Å²) >= 11 is 0. The maximum absolute atomic E-state index is 12.7. The van der Waals surface area contributed by atoms with Crippen LogP contribution < -0.4 is 0 Å². The number of allylic oxidation sites excluding steroid dienone is 4. The van der Waals surface area contributed by atoms with Crippen molar-refractivity contribution in [2.24, 2.45) is 0 Å². The van der Waals surface area contributed by atoms with E-state index in [4.69, 9.17) is 14.2 Å². The van der Waals surface area contributed by atoms with Crippen molar-refractivity contribution < 1.29 is 28.6 Å². The minimum atomic E-state index is -0.762. The van der Waals surface area contributed by atoms with Crippen LogP contribution in [0.4, 0.5) is 0 Å². The number of carbonyl (C=O) groups is 3. The fourth-order valence-electron chi connectivity index (χ4n) is 8.42. The average molecular weight is 901 g/mol. The van der Waals surface area contributed by atoms with Crippen molar-refractivity contribution in [3.05, 3.63) is 24.3 Å². The van der Waals surface area contributed by atoms with E-state index in [1.807, 2.05) is 0 Å². The highest BCUT2D eigenvalue weighted by Crippen LogP contribution is 2.17. The van der Waals surface area contributed by atoms with Gasteiger partial charge in [-0.2, -0.15) is 0 Å². The lowest BCUT2D eigenvalue weighted by atomic mass is 10.0. The van der Waals surface area contributed by atoms with Gasteiger partial charge in [0.1, 0.15) is 13.2 Å². The Bertz CT molecular complexity index is 1040. The second-order valence-electron chi connectivity index (χ2n) is 19.2. The smallest absolute Gasteiger partial charge is 0.306 e. The van der Waals surface area contributed by atoms with Crippen molar-refractivity contribution in [3.8, 4) is 0 Å². The molecule has 0 spiro atoms. The molecule has 6 nitrogen and oxygen atoms in total. The van der Waals surface area contributed by atoms with E-state index in [1.54, 1.807) is 0 Å². The van der Waals surface area contributed by atoms with Crippen LogP contribution in [0.5, 0.6) is 0 Å². The number of carbonyl (C=O) groups excluding carboxylic acids is 3. The summed E-state index contributed by atoms with van der Waals surface area (Å²) in [6.45, 7) is 6.62. The molecule has 0 fully saturated rings. The molecule has 0 amide bonds. The Balaban J connectivity index is 4.03. The molecule has 0 saturated carbocycles. The first-order valence-corrected chi connectivity index (χ1v) is 28.3. The molecule has 1 atom stereocenters. The lowest BCUT2D eigenvalue weighted by molar-refractivity contribution is -0.167. The van der Waals surface area contributed by atoms with E-state index in [-0.39, 0.29) is 31.1 Å². The monoisotopic (exact) mass is 901 g/mol. The number of rotatable bonds is 52. The van der Waals surface area contributed by atoms with Crippen LogP contribution in [0, 0.1) is 0 Å². The molecule has 0 aliphatic carbocycles. The molecule has 0 aliphatic rings. The molecule has 376 valence electrons. The summed E-state index contributed by atoms with van der Waals surface area (Å²) in [7, 11) is 0. The normalized spacial score (nSPS) is 12.1. The molecule has 1 unspecified atom stereocenters. The average Bonchev–Trinajstić information content (AvgIpc) is 3.29. The number of esters is 3. The Morgan fingerprint density at radius 3 is 0.859 bits per heavy atom. The highest BCUT2D eigenvalue weighted by molar-refractivity contribution is 5.71. The molecule has 0 bridgehead atoms. The molecular formula is C58H108O6. The van der Waals surface area contributed by atoms with Crippen molar-refractivity contribution in [1.82, 2.24) is 0 Å². The zero-order chi connectivity index (χ0) is 46.5. The first kappa shape index (κ1) is 61.9. The van der Waals surface area contributed by atoms with Gasteiger partial charge in [0.15, 0.2) is 6.10 Å². The molecule has 0 aliphatic heterocycles. The van der Waals surface area contributed by atoms with E-state index in [0.717, 1.165) is 64.2 Å². The third kappa shape index (κ3) is 50.9. The summed E-state index contributed by atoms with van der Waals surface area (Å²) in [4.78, 5) is 37.8. The Morgan fingerprint density at radius 2 is 0.562 bits per heavy atom. The molecule has 0 aromatic rings. The van der Waals surface area contributed by atoms with E-state index in [2.05, 4.69) is 45.1 Å². The largest absolute Gasteiger partial charge is 0.462 e. The molecule has 0 aromatic carbocycles. The second kappa shape index (κ2) is 53.5. The molecule has 64 heavy (non-hydrogen) atoms. The van der Waals surface area contributed by atoms with Crippen molar-refractivity contribution in [3.63, 3.8) is 0 Å². The lowest BCUT2D eigenvalue weighted by Crippen LogP contribution is -2.30. The summed E-state index contributed by atoms with van der Waals surface area (Å²) in [5, 5.41) is 0. The second-order valence-corrected chi connectivity index (χ2v) is 19.2. The van der Waals surface area contributed by atoms with Gasteiger partial charge < -0.3 is 14.2 Å². The fourth-order valence-corrected chi connectivity index (χ4v) is 8.42. The van der Waals surface area contributed by atoms with Crippen LogP contribution in [0.1, 0.15) is 310 Å². The Hall–Kier alpha value is -2.11. The summed E-state index contributed by atoms with van der Waals surface area (Å²) in [6, 6.07) is 0. The van der Waals surface area contributed by atoms with Crippen molar-refractivity contribution in [2.45, 2.75) is 316 Å². The summed E-state index contributed by atoms with van der Waals surface area (Å²) in [5.41, 5.74) is 0. The number of unbranched alkanes of at least 4 members (excludes halogenated alkanes) is 37. The first-order chi connectivity index (χ1) is 31.5. The van der Waals surface area contributed by atoms with Gasteiger partial charge in [0, 0.05) is 19.3 Å². The standard InChI is InChI=1S/C58H108O6/c1-4-7-10-13-16-18-20-22-23-24-25-26-27-28-29-30-31-32-33-34-35-36-38-39-42-45-48-51-57(60)63-54-55(53-62-56(59)50-47-44-41-15-12-9-6-3)64-58(61)52-49-46-43-40-37-21-19-17-14-11-8-5-2/h20,22,24-25,55H,4-19,21,23,26-54H2,1-3H3/b22-20-,25-24-. The lowest BCUT2D eigenvalue weighted by Gasteiger charge is -2.18. The minimum Gasteiger partial charge on any atom is -0.462 e. The molecule has 0 radical (unpaired) electrons. The first-order valence-electron chi connectivity index (χ1n) is 28.3. The molecule has 0 N–H and O–H groups in total. The van der Waals surface area contributed by atoms with Crippen LogP contribution in [0.3, 0.4) is 0 Å². The van der Waals surface area contributed by atoms with Gasteiger partial charge in [0.2, 0.25) is 0 Å². The van der Waals surface area contributed by atoms with Crippen LogP contribution in [-0.2, 0) is 28.6 Å². The third-order valence-electron chi connectivity index (χ3n) is 12.7. The van der Waals surface area contributed by atoms with E-state index < -0.39 is 6.10 Å². The third-order valence-corrected chi connectivity index (χ3v) is 12.7. The molecular weight excluding hydrogens is 793 g/mol. The van der Waals surface area contributed by atoms with Gasteiger partial charge in [-0.1, -0.05) is 263 Å². The van der Waals surface area contributed by atoms with E-state index >= 15 is 0 Å². The number of ether oxygens (including phenoxy) is 3. The minimum absolute atomic E-state index is 0.0661. The highest BCUT2D eigenvalue weighted by atomic mass is 16.6. The van der Waals surface area contributed by atoms with Gasteiger partial charge in [-0.25, -0.2) is 0 Å². The van der Waals surface area contributed by atoms with E-state index in [9.17, 15) is 14.4 Å². The molecule has 0 saturated heterocycles. The van der Waals surface area contributed by atoms with Gasteiger partial charge in [-0.05, 0) is 51.4 Å². The Morgan fingerprint density at radius 1 is 0.312 bits per heavy atom. The SMILES string of the molecule is CCCCCCC/C=C\C/C=C\CCCCCCCCCCCCCCCCCC(=O)OCC(COC(=O)CCCCCCCCC)OC(=O)CCCCCCCCCCCCCC. The van der Waals surface area contributed by atoms with Gasteiger partial charge >= 0.3 is 17.9 Å². The van der Waals surface area contributed by atoms with Crippen LogP contribution in [0.25, 0.3) is 0 Å². The Labute approximate surface area is 398 Å². The molecule has 0 heterocycles. The van der Waals surface area contributed by atoms with Crippen LogP contribution in [0.2, 0.25) is 0 Å². The maximum atomic E-state index is 12.7. The zero-order valence-electron chi connectivity index (χ0n) is 43.1. The summed E-state index contributed by atoms with van der Waals surface area (Å²) in [5.74, 6) is -0.857. The zero-order valence-corrected chi connectivity index (χ0v) is 43.1. The molecule has 0 aromatic heterocycles. The summed E-state index contributed by atoms with van der Waals surface area (Å²) in [6.07, 6.45) is 62.0. The quantitative estimate of drug-likeness (QED) is 0.0262. The van der Waals surface area contributed by atoms with Gasteiger partial charge in [0.05, 0.1) is 0 Å². The van der Waals surface area contributed by atoms with Crippen LogP contribution in [0.15, 0.2) is 24.3 Å². The van der Waals surface area contributed by atoms with E-state index in [0.29, 0.717) is 19.3 Å². The van der Waals surface area contributed by atoms with Crippen LogP contribution in [-0.4, -0.2) is 37.2 Å². The predicted molar refractivity (Wildman–Crippen MR) is 275 cm³/mol. The topological polar surface area (TPSA) is 78.9 Å². The number of hydrogen-bond acceptors (Lipinski definition) is 6. The molecule has 6 heteroatoms. The van der Waals surface area contributed by atoms with Gasteiger partial charge in [-0.3, -0.25) is 14.4 Å². The van der Waals surface area contributed by atoms with Gasteiger partial charge in [0.25, 0.3) is 0 Å². The van der Waals surface area contributed by atoms with Gasteiger partial charge in [-0.15, -0.1) is 0 Å². The Kier molecular flexibility index (Phi) is 51.7. The van der Waals surface area contributed by atoms with E-state index in [1.165, 1.54) is 205 Å². The van der Waals surface area contributed by atoms with Crippen molar-refractivity contribution >= 4 is 17.9 Å². The van der Waals surface area contributed by atoms with Crippen molar-refractivity contribution in [2.75, 3.05) is 13.2 Å². The predicted octanol–water partition coefficient (Wildman–Crippen LogP) is 18.7. The van der Waals surface area contributed by atoms with Crippen molar-refractivity contribution in [1.29, 1.82) is 0 Å². The number of hydrogen-bond donors (Lipinski definition) is 0. The molecule has 0 rings (SSSR count). The maximum Gasteiger partial charge on any atom is 0.306 e. The highest BCUT2D eigenvalue weighted by Gasteiger charge is 2.19.